The summed E-state index contributed by atoms with van der Waals surface area (Å²) in [6.07, 6.45) is 4.23. The molecule has 0 saturated carbocycles. The number of ketones is 1. The maximum atomic E-state index is 12.7. The number of carbonyl (C=O) groups is 1. The highest BCUT2D eigenvalue weighted by molar-refractivity contribution is 5.95. The summed E-state index contributed by atoms with van der Waals surface area (Å²) in [5.74, 6) is -0.0403. The summed E-state index contributed by atoms with van der Waals surface area (Å²) in [6.45, 7) is 0.565. The normalized spacial score (nSPS) is 10.1. The smallest absolute Gasteiger partial charge is 0.212 e. The van der Waals surface area contributed by atoms with Gasteiger partial charge in [0, 0.05) is 30.9 Å². The number of Topliss-reactive ketones (excluding diaryl/α,β-unsaturated/α-hetero) is 1. The summed E-state index contributed by atoms with van der Waals surface area (Å²) < 4.78 is 14.4. The highest BCUT2D eigenvalue weighted by Crippen LogP contribution is 2.08. The predicted molar refractivity (Wildman–Crippen MR) is 66.9 cm³/mol. The number of hydrogen-bond donors (Lipinski definition) is 0. The first kappa shape index (κ1) is 13.0. The largest absolute Gasteiger partial charge is 0.323 e. The fourth-order valence-corrected chi connectivity index (χ4v) is 1.79. The first-order valence-corrected chi connectivity index (χ1v) is 5.90. The van der Waals surface area contributed by atoms with E-state index in [0.717, 1.165) is 0 Å². The second kappa shape index (κ2) is 5.91. The van der Waals surface area contributed by atoms with Gasteiger partial charge in [0.2, 0.25) is 5.82 Å². The van der Waals surface area contributed by atoms with Crippen molar-refractivity contribution in [1.82, 2.24) is 9.55 Å². The van der Waals surface area contributed by atoms with Crippen LogP contribution >= 0.6 is 0 Å². The average Bonchev–Trinajstić information content (AvgIpc) is 2.87. The van der Waals surface area contributed by atoms with Crippen LogP contribution in [0, 0.1) is 17.1 Å². The number of nitrogens with zero attached hydrogens (tertiary/aromatic N) is 3. The zero-order valence-electron chi connectivity index (χ0n) is 10.2. The molecule has 0 aliphatic rings. The second-order valence-corrected chi connectivity index (χ2v) is 4.09. The van der Waals surface area contributed by atoms with Gasteiger partial charge in [-0.05, 0) is 30.7 Å². The van der Waals surface area contributed by atoms with E-state index in [1.54, 1.807) is 17.0 Å². The molecule has 0 aliphatic carbocycles. The van der Waals surface area contributed by atoms with Crippen molar-refractivity contribution in [2.45, 2.75) is 19.4 Å². The van der Waals surface area contributed by atoms with Gasteiger partial charge >= 0.3 is 0 Å². The third-order valence-electron chi connectivity index (χ3n) is 2.78. The van der Waals surface area contributed by atoms with Crippen LogP contribution in [0.1, 0.15) is 29.0 Å². The van der Waals surface area contributed by atoms with Crippen LogP contribution in [-0.4, -0.2) is 15.3 Å². The van der Waals surface area contributed by atoms with Gasteiger partial charge in [-0.3, -0.25) is 4.79 Å². The van der Waals surface area contributed by atoms with E-state index in [1.807, 2.05) is 6.07 Å². The molecule has 0 unspecified atom stereocenters. The van der Waals surface area contributed by atoms with Gasteiger partial charge in [-0.25, -0.2) is 9.37 Å². The maximum Gasteiger partial charge on any atom is 0.212 e. The molecule has 19 heavy (non-hydrogen) atoms. The monoisotopic (exact) mass is 257 g/mol. The van der Waals surface area contributed by atoms with Gasteiger partial charge in [-0.2, -0.15) is 5.26 Å². The lowest BCUT2D eigenvalue weighted by Gasteiger charge is -2.03. The Balaban J connectivity index is 1.88. The maximum absolute atomic E-state index is 12.7. The third kappa shape index (κ3) is 3.26. The molecular weight excluding hydrogens is 245 g/mol. The van der Waals surface area contributed by atoms with Crippen molar-refractivity contribution in [3.63, 3.8) is 0 Å². The van der Waals surface area contributed by atoms with Crippen molar-refractivity contribution in [2.24, 2.45) is 0 Å². The topological polar surface area (TPSA) is 58.7 Å². The van der Waals surface area contributed by atoms with Gasteiger partial charge in [-0.1, -0.05) is 0 Å². The molecule has 0 aliphatic heterocycles. The Bertz CT molecular complexity index is 610. The minimum atomic E-state index is -0.353. The molecule has 4 nitrogen and oxygen atoms in total. The Hall–Kier alpha value is -2.48. The van der Waals surface area contributed by atoms with Crippen molar-refractivity contribution < 1.29 is 9.18 Å². The highest BCUT2D eigenvalue weighted by Gasteiger charge is 2.07. The molecule has 0 amide bonds. The first-order valence-electron chi connectivity index (χ1n) is 5.90. The summed E-state index contributed by atoms with van der Waals surface area (Å²) in [6, 6.07) is 7.49. The molecule has 1 heterocycles. The summed E-state index contributed by atoms with van der Waals surface area (Å²) in [4.78, 5) is 15.7. The van der Waals surface area contributed by atoms with Crippen LogP contribution in [0.3, 0.4) is 0 Å². The van der Waals surface area contributed by atoms with E-state index in [-0.39, 0.29) is 11.6 Å². The van der Waals surface area contributed by atoms with E-state index in [9.17, 15) is 9.18 Å². The van der Waals surface area contributed by atoms with Crippen molar-refractivity contribution in [3.05, 3.63) is 53.9 Å². The van der Waals surface area contributed by atoms with Gasteiger partial charge in [0.1, 0.15) is 11.9 Å². The Morgan fingerprint density at radius 2 is 2.11 bits per heavy atom. The van der Waals surface area contributed by atoms with Crippen molar-refractivity contribution in [3.8, 4) is 6.07 Å². The van der Waals surface area contributed by atoms with Crippen LogP contribution < -0.4 is 0 Å². The van der Waals surface area contributed by atoms with Gasteiger partial charge in [0.15, 0.2) is 5.78 Å². The molecule has 0 bridgehead atoms. The van der Waals surface area contributed by atoms with Crippen LogP contribution in [0.25, 0.3) is 0 Å². The van der Waals surface area contributed by atoms with Crippen LogP contribution in [0.5, 0.6) is 0 Å². The number of imidazole rings is 1. The molecule has 1 aromatic carbocycles. The highest BCUT2D eigenvalue weighted by atomic mass is 19.1. The number of nitriles is 1. The van der Waals surface area contributed by atoms with Crippen molar-refractivity contribution in [1.29, 1.82) is 5.26 Å². The van der Waals surface area contributed by atoms with Crippen molar-refractivity contribution >= 4 is 5.78 Å². The van der Waals surface area contributed by atoms with Gasteiger partial charge in [0.25, 0.3) is 0 Å². The number of rotatable bonds is 5. The Labute approximate surface area is 110 Å². The Morgan fingerprint density at radius 3 is 2.79 bits per heavy atom. The van der Waals surface area contributed by atoms with Gasteiger partial charge < -0.3 is 4.57 Å². The molecular formula is C14H12FN3O. The molecule has 2 rings (SSSR count). The van der Waals surface area contributed by atoms with Crippen LogP contribution in [0.15, 0.2) is 36.7 Å². The van der Waals surface area contributed by atoms with E-state index in [4.69, 9.17) is 5.26 Å². The number of aromatic nitrogens is 2. The molecule has 5 heteroatoms. The quantitative estimate of drug-likeness (QED) is 0.773. The number of hydrogen-bond acceptors (Lipinski definition) is 3. The van der Waals surface area contributed by atoms with E-state index in [0.29, 0.717) is 30.8 Å². The molecule has 0 N–H and O–H groups in total. The van der Waals surface area contributed by atoms with Crippen LogP contribution in [-0.2, 0) is 6.54 Å². The fraction of sp³-hybridized carbons (Fsp3) is 0.214. The lowest BCUT2D eigenvalue weighted by molar-refractivity contribution is 0.0978. The summed E-state index contributed by atoms with van der Waals surface area (Å²) in [5, 5.41) is 8.78. The van der Waals surface area contributed by atoms with Crippen LogP contribution in [0.2, 0.25) is 0 Å². The SMILES string of the molecule is N#Cc1nccn1CCCC(=O)c1ccc(F)cc1. The predicted octanol–water partition coefficient (Wildman–Crippen LogP) is 2.56. The number of benzene rings is 1. The van der Waals surface area contributed by atoms with E-state index >= 15 is 0 Å². The molecule has 1 aromatic heterocycles. The number of carbonyl (C=O) groups excluding carboxylic acids is 1. The Kier molecular flexibility index (Phi) is 4.04. The lowest BCUT2D eigenvalue weighted by Crippen LogP contribution is -2.04. The standard InChI is InChI=1S/C14H12FN3O/c15-12-5-3-11(4-6-12)13(19)2-1-8-18-9-7-17-14(18)10-16/h3-7,9H,1-2,8H2. The van der Waals surface area contributed by atoms with Crippen LogP contribution in [0.4, 0.5) is 4.39 Å². The van der Waals surface area contributed by atoms with Gasteiger partial charge in [0.05, 0.1) is 0 Å². The number of aryl methyl sites for hydroxylation is 1. The molecule has 0 fully saturated rings. The third-order valence-corrected chi connectivity index (χ3v) is 2.78. The minimum absolute atomic E-state index is 0.0291. The summed E-state index contributed by atoms with van der Waals surface area (Å²) in [7, 11) is 0. The molecule has 0 saturated heterocycles. The number of halogens is 1. The Morgan fingerprint density at radius 1 is 1.37 bits per heavy atom. The molecule has 96 valence electrons. The molecule has 0 radical (unpaired) electrons. The molecule has 0 atom stereocenters. The van der Waals surface area contributed by atoms with E-state index in [2.05, 4.69) is 4.98 Å². The lowest BCUT2D eigenvalue weighted by atomic mass is 10.1. The van der Waals surface area contributed by atoms with Gasteiger partial charge in [-0.15, -0.1) is 0 Å². The second-order valence-electron chi connectivity index (χ2n) is 4.09. The summed E-state index contributed by atoms with van der Waals surface area (Å²) in [5.41, 5.74) is 0.507. The van der Waals surface area contributed by atoms with E-state index < -0.39 is 0 Å². The van der Waals surface area contributed by atoms with Crippen molar-refractivity contribution in [2.75, 3.05) is 0 Å². The van der Waals surface area contributed by atoms with E-state index in [1.165, 1.54) is 24.3 Å². The minimum Gasteiger partial charge on any atom is -0.323 e. The molecule has 2 aromatic rings. The zero-order valence-corrected chi connectivity index (χ0v) is 10.2. The fourth-order valence-electron chi connectivity index (χ4n) is 1.79. The summed E-state index contributed by atoms with van der Waals surface area (Å²) >= 11 is 0. The average molecular weight is 257 g/mol. The first-order chi connectivity index (χ1) is 9.20. The zero-order chi connectivity index (χ0) is 13.7. The molecule has 0 spiro atoms.